The smallest absolute Gasteiger partial charge is 0.233 e. The molecule has 1 N–H and O–H groups in total. The molecule has 18 heavy (non-hydrogen) atoms. The first-order valence-electron chi connectivity index (χ1n) is 6.58. The van der Waals surface area contributed by atoms with Gasteiger partial charge in [-0.2, -0.15) is 16.7 Å². The summed E-state index contributed by atoms with van der Waals surface area (Å²) in [6.07, 6.45) is 3.42. The van der Waals surface area contributed by atoms with Crippen LogP contribution in [-0.4, -0.2) is 42.2 Å². The van der Waals surface area contributed by atoms with Gasteiger partial charge in [0, 0.05) is 12.6 Å². The summed E-state index contributed by atoms with van der Waals surface area (Å²) in [6, 6.07) is 0.378. The second-order valence-electron chi connectivity index (χ2n) is 4.86. The summed E-state index contributed by atoms with van der Waals surface area (Å²) in [6.45, 7) is 1.48. The number of likely N-dealkylation sites (N-methyl/N-ethyl adjacent to an activating group) is 1. The molecule has 3 unspecified atom stereocenters. The predicted molar refractivity (Wildman–Crippen MR) is 69.8 cm³/mol. The molecule has 2 aliphatic heterocycles. The van der Waals surface area contributed by atoms with Crippen molar-refractivity contribution in [1.82, 2.24) is 15.5 Å². The normalized spacial score (nSPS) is 32.8. The number of ether oxygens (including phenoxy) is 1. The van der Waals surface area contributed by atoms with E-state index in [1.807, 2.05) is 18.8 Å². The third kappa shape index (κ3) is 2.41. The van der Waals surface area contributed by atoms with Crippen molar-refractivity contribution in [1.29, 1.82) is 0 Å². The third-order valence-corrected chi connectivity index (χ3v) is 5.09. The Morgan fingerprint density at radius 1 is 1.39 bits per heavy atom. The minimum Gasteiger partial charge on any atom is -0.381 e. The Morgan fingerprint density at radius 3 is 3.11 bits per heavy atom. The molecule has 1 aromatic heterocycles. The van der Waals surface area contributed by atoms with Crippen molar-refractivity contribution in [2.75, 3.05) is 26.0 Å². The van der Waals surface area contributed by atoms with E-state index in [2.05, 4.69) is 15.5 Å². The highest BCUT2D eigenvalue weighted by Gasteiger charge is 2.32. The van der Waals surface area contributed by atoms with Crippen LogP contribution in [0.15, 0.2) is 4.52 Å². The summed E-state index contributed by atoms with van der Waals surface area (Å²) in [4.78, 5) is 4.60. The third-order valence-electron chi connectivity index (χ3n) is 3.72. The Hall–Kier alpha value is -0.590. The van der Waals surface area contributed by atoms with Gasteiger partial charge in [0.2, 0.25) is 5.89 Å². The van der Waals surface area contributed by atoms with Gasteiger partial charge in [-0.3, -0.25) is 0 Å². The Labute approximate surface area is 111 Å². The van der Waals surface area contributed by atoms with Gasteiger partial charge in [-0.05, 0) is 32.1 Å². The summed E-state index contributed by atoms with van der Waals surface area (Å²) in [5, 5.41) is 7.90. The van der Waals surface area contributed by atoms with Crippen LogP contribution in [0.4, 0.5) is 0 Å². The van der Waals surface area contributed by atoms with Crippen LogP contribution in [-0.2, 0) is 4.74 Å². The number of aromatic nitrogens is 2. The van der Waals surface area contributed by atoms with Gasteiger partial charge in [-0.25, -0.2) is 0 Å². The van der Waals surface area contributed by atoms with Crippen LogP contribution in [0, 0.1) is 0 Å². The fraction of sp³-hybridized carbons (Fsp3) is 0.833. The van der Waals surface area contributed by atoms with Crippen molar-refractivity contribution in [3.05, 3.63) is 11.7 Å². The molecular formula is C12H19N3O2S. The van der Waals surface area contributed by atoms with Crippen LogP contribution in [0.3, 0.4) is 0 Å². The highest BCUT2D eigenvalue weighted by Crippen LogP contribution is 2.39. The van der Waals surface area contributed by atoms with E-state index in [-0.39, 0.29) is 5.92 Å². The highest BCUT2D eigenvalue weighted by molar-refractivity contribution is 7.99. The lowest BCUT2D eigenvalue weighted by Gasteiger charge is -2.28. The average Bonchev–Trinajstić information content (AvgIpc) is 3.09. The van der Waals surface area contributed by atoms with E-state index < -0.39 is 0 Å². The fourth-order valence-corrected chi connectivity index (χ4v) is 3.83. The van der Waals surface area contributed by atoms with Crippen molar-refractivity contribution in [3.8, 4) is 0 Å². The molecule has 2 saturated heterocycles. The van der Waals surface area contributed by atoms with Gasteiger partial charge in [0.05, 0.1) is 17.8 Å². The summed E-state index contributed by atoms with van der Waals surface area (Å²) in [5.74, 6) is 3.00. The van der Waals surface area contributed by atoms with Crippen LogP contribution in [0.25, 0.3) is 0 Å². The summed E-state index contributed by atoms with van der Waals surface area (Å²) < 4.78 is 11.0. The molecule has 0 radical (unpaired) electrons. The lowest BCUT2D eigenvalue weighted by atomic mass is 9.96. The molecular weight excluding hydrogens is 250 g/mol. The van der Waals surface area contributed by atoms with Gasteiger partial charge in [0.15, 0.2) is 5.82 Å². The standard InChI is InChI=1S/C12H19N3O2S/c1-13-9-4-5-16-7-8(9)12-14-11(15-17-12)10-3-2-6-18-10/h8-10,13H,2-7H2,1H3. The Kier molecular flexibility index (Phi) is 3.86. The topological polar surface area (TPSA) is 60.2 Å². The van der Waals surface area contributed by atoms with Crippen molar-refractivity contribution in [2.45, 2.75) is 36.5 Å². The van der Waals surface area contributed by atoms with E-state index >= 15 is 0 Å². The molecule has 0 bridgehead atoms. The largest absolute Gasteiger partial charge is 0.381 e. The molecule has 3 rings (SSSR count). The van der Waals surface area contributed by atoms with Crippen LogP contribution in [0.2, 0.25) is 0 Å². The van der Waals surface area contributed by atoms with Gasteiger partial charge in [0.25, 0.3) is 0 Å². The molecule has 0 saturated carbocycles. The lowest BCUT2D eigenvalue weighted by Crippen LogP contribution is -2.39. The zero-order valence-electron chi connectivity index (χ0n) is 10.6. The lowest BCUT2D eigenvalue weighted by molar-refractivity contribution is 0.0516. The molecule has 100 valence electrons. The number of rotatable bonds is 3. The van der Waals surface area contributed by atoms with Gasteiger partial charge < -0.3 is 14.6 Å². The van der Waals surface area contributed by atoms with E-state index in [1.54, 1.807) is 0 Å². The predicted octanol–water partition coefficient (Wildman–Crippen LogP) is 1.73. The Morgan fingerprint density at radius 2 is 2.33 bits per heavy atom. The van der Waals surface area contributed by atoms with E-state index in [0.29, 0.717) is 17.9 Å². The maximum absolute atomic E-state index is 5.53. The quantitative estimate of drug-likeness (QED) is 0.901. The van der Waals surface area contributed by atoms with Crippen LogP contribution in [0.5, 0.6) is 0 Å². The van der Waals surface area contributed by atoms with E-state index in [0.717, 1.165) is 24.7 Å². The summed E-state index contributed by atoms with van der Waals surface area (Å²) in [5.41, 5.74) is 0. The molecule has 3 heterocycles. The molecule has 1 aromatic rings. The molecule has 2 aliphatic rings. The van der Waals surface area contributed by atoms with E-state index in [4.69, 9.17) is 9.26 Å². The van der Waals surface area contributed by atoms with Gasteiger partial charge >= 0.3 is 0 Å². The number of hydrogen-bond donors (Lipinski definition) is 1. The van der Waals surface area contributed by atoms with Crippen LogP contribution >= 0.6 is 11.8 Å². The molecule has 0 spiro atoms. The molecule has 0 aliphatic carbocycles. The minimum absolute atomic E-state index is 0.191. The maximum Gasteiger partial charge on any atom is 0.233 e. The molecule has 6 heteroatoms. The number of nitrogens with one attached hydrogen (secondary N) is 1. The van der Waals surface area contributed by atoms with Crippen LogP contribution < -0.4 is 5.32 Å². The monoisotopic (exact) mass is 269 g/mol. The van der Waals surface area contributed by atoms with E-state index in [9.17, 15) is 0 Å². The Bertz CT molecular complexity index is 392. The summed E-state index contributed by atoms with van der Waals surface area (Å²) >= 11 is 1.93. The molecule has 2 fully saturated rings. The average molecular weight is 269 g/mol. The van der Waals surface area contributed by atoms with Crippen molar-refractivity contribution in [3.63, 3.8) is 0 Å². The van der Waals surface area contributed by atoms with Gasteiger partial charge in [-0.1, -0.05) is 5.16 Å². The van der Waals surface area contributed by atoms with Crippen molar-refractivity contribution >= 4 is 11.8 Å². The highest BCUT2D eigenvalue weighted by atomic mass is 32.2. The molecule has 0 amide bonds. The first kappa shape index (κ1) is 12.4. The second-order valence-corrected chi connectivity index (χ2v) is 6.17. The van der Waals surface area contributed by atoms with Crippen molar-refractivity contribution < 1.29 is 9.26 Å². The first-order chi connectivity index (χ1) is 8.88. The second kappa shape index (κ2) is 5.59. The number of thioether (sulfide) groups is 1. The molecule has 3 atom stereocenters. The van der Waals surface area contributed by atoms with Crippen LogP contribution in [0.1, 0.15) is 42.1 Å². The van der Waals surface area contributed by atoms with Gasteiger partial charge in [-0.15, -0.1) is 0 Å². The minimum atomic E-state index is 0.191. The molecule has 0 aromatic carbocycles. The Balaban J connectivity index is 1.74. The molecule has 5 nitrogen and oxygen atoms in total. The zero-order chi connectivity index (χ0) is 12.4. The van der Waals surface area contributed by atoms with E-state index in [1.165, 1.54) is 18.6 Å². The van der Waals surface area contributed by atoms with Crippen molar-refractivity contribution in [2.24, 2.45) is 0 Å². The first-order valence-corrected chi connectivity index (χ1v) is 7.63. The maximum atomic E-state index is 5.53. The zero-order valence-corrected chi connectivity index (χ0v) is 11.4. The fourth-order valence-electron chi connectivity index (χ4n) is 2.64. The number of nitrogens with zero attached hydrogens (tertiary/aromatic N) is 2. The number of hydrogen-bond acceptors (Lipinski definition) is 6. The summed E-state index contributed by atoms with van der Waals surface area (Å²) in [7, 11) is 1.98. The SMILES string of the molecule is CNC1CCOCC1c1nc(C2CCCS2)no1. The van der Waals surface area contributed by atoms with Gasteiger partial charge in [0.1, 0.15) is 0 Å².